The maximum atomic E-state index is 12.8. The molecule has 1 aliphatic heterocycles. The molecule has 3 nitrogen and oxygen atoms in total. The smallest absolute Gasteiger partial charge is 0.211 e. The first-order valence-corrected chi connectivity index (χ1v) is 5.21. The summed E-state index contributed by atoms with van der Waals surface area (Å²) in [6.45, 7) is 0. The summed E-state index contributed by atoms with van der Waals surface area (Å²) in [6.07, 6.45) is 1.60. The maximum absolute atomic E-state index is 12.8. The van der Waals surface area contributed by atoms with Crippen LogP contribution in [0.2, 0.25) is 0 Å². The number of anilines is 1. The molecule has 0 saturated heterocycles. The second-order valence-corrected chi connectivity index (χ2v) is 3.82. The number of hydrogen-bond donors (Lipinski definition) is 2. The number of rotatable bonds is 1. The van der Waals surface area contributed by atoms with Crippen LogP contribution in [0.5, 0.6) is 0 Å². The van der Waals surface area contributed by atoms with Crippen LogP contribution in [0, 0.1) is 5.95 Å². The van der Waals surface area contributed by atoms with Crippen molar-refractivity contribution in [3.05, 3.63) is 59.3 Å². The summed E-state index contributed by atoms with van der Waals surface area (Å²) in [4.78, 5) is 14.5. The molecule has 0 bridgehead atoms. The number of allylic oxidation sites excluding steroid dienone is 1. The maximum Gasteiger partial charge on any atom is 0.211 e. The molecule has 1 aromatic carbocycles. The van der Waals surface area contributed by atoms with Crippen molar-refractivity contribution in [3.8, 4) is 0 Å². The third-order valence-corrected chi connectivity index (χ3v) is 2.66. The van der Waals surface area contributed by atoms with Crippen LogP contribution in [0.4, 0.5) is 10.1 Å². The fourth-order valence-electron chi connectivity index (χ4n) is 1.86. The largest absolute Gasteiger partial charge is 0.352 e. The summed E-state index contributed by atoms with van der Waals surface area (Å²) in [5.74, 6) is -0.490. The summed E-state index contributed by atoms with van der Waals surface area (Å²) in [5, 5.41) is 3.01. The van der Waals surface area contributed by atoms with E-state index in [9.17, 15) is 9.18 Å². The number of Topliss-reactive ketones (excluding diaryl/α,β-unsaturated/α-hetero) is 1. The first-order valence-electron chi connectivity index (χ1n) is 5.21. The highest BCUT2D eigenvalue weighted by Crippen LogP contribution is 2.28. The minimum atomic E-state index is -0.417. The summed E-state index contributed by atoms with van der Waals surface area (Å²) < 4.78 is 12.8. The number of hydrogen-bond acceptors (Lipinski definition) is 2. The van der Waals surface area contributed by atoms with Crippen LogP contribution in [0.25, 0.3) is 6.08 Å². The van der Waals surface area contributed by atoms with Crippen molar-refractivity contribution < 1.29 is 9.18 Å². The van der Waals surface area contributed by atoms with E-state index in [2.05, 4.69) is 10.3 Å². The Labute approximate surface area is 97.0 Å². The van der Waals surface area contributed by atoms with Gasteiger partial charge in [-0.2, -0.15) is 4.39 Å². The quantitative estimate of drug-likeness (QED) is 0.737. The molecule has 0 atom stereocenters. The molecular weight excluding hydrogens is 219 g/mol. The zero-order chi connectivity index (χ0) is 11.8. The molecule has 0 spiro atoms. The minimum absolute atomic E-state index is 0.0735. The number of aromatic amines is 1. The van der Waals surface area contributed by atoms with Gasteiger partial charge in [0.05, 0.1) is 5.70 Å². The second-order valence-electron chi connectivity index (χ2n) is 3.82. The van der Waals surface area contributed by atoms with Crippen LogP contribution >= 0.6 is 0 Å². The lowest BCUT2D eigenvalue weighted by atomic mass is 10.1. The van der Waals surface area contributed by atoms with Crippen LogP contribution in [0.15, 0.2) is 42.1 Å². The topological polar surface area (TPSA) is 44.9 Å². The Bertz CT molecular complexity index is 628. The van der Waals surface area contributed by atoms with Crippen LogP contribution in [0.3, 0.4) is 0 Å². The number of halogens is 1. The Balaban J connectivity index is 1.99. The Hall–Kier alpha value is -2.36. The molecule has 0 amide bonds. The summed E-state index contributed by atoms with van der Waals surface area (Å²) >= 11 is 0. The predicted octanol–water partition coefficient (Wildman–Crippen LogP) is 2.80. The molecule has 4 heteroatoms. The Morgan fingerprint density at radius 2 is 1.94 bits per heavy atom. The van der Waals surface area contributed by atoms with Crippen molar-refractivity contribution in [3.63, 3.8) is 0 Å². The average molecular weight is 228 g/mol. The van der Waals surface area contributed by atoms with Crippen molar-refractivity contribution in [2.24, 2.45) is 0 Å². The zero-order valence-corrected chi connectivity index (χ0v) is 8.83. The molecule has 2 aromatic rings. The van der Waals surface area contributed by atoms with E-state index in [0.717, 1.165) is 5.69 Å². The van der Waals surface area contributed by atoms with E-state index in [1.165, 1.54) is 6.07 Å². The SMILES string of the molecule is O=C1C(=Cc2ccc(F)[nH]2)Nc2ccccc21. The molecule has 17 heavy (non-hydrogen) atoms. The fourth-order valence-corrected chi connectivity index (χ4v) is 1.86. The molecule has 2 N–H and O–H groups in total. The number of carbonyl (C=O) groups excluding carboxylic acids is 1. The number of benzene rings is 1. The third kappa shape index (κ3) is 1.63. The van der Waals surface area contributed by atoms with Gasteiger partial charge in [0.15, 0.2) is 5.95 Å². The number of fused-ring (bicyclic) bond motifs is 1. The van der Waals surface area contributed by atoms with Gasteiger partial charge in [0.25, 0.3) is 0 Å². The first-order chi connectivity index (χ1) is 8.24. The molecule has 0 radical (unpaired) electrons. The Kier molecular flexibility index (Phi) is 2.08. The third-order valence-electron chi connectivity index (χ3n) is 2.66. The van der Waals surface area contributed by atoms with E-state index in [0.29, 0.717) is 17.0 Å². The van der Waals surface area contributed by atoms with Crippen molar-refractivity contribution in [1.29, 1.82) is 0 Å². The molecule has 2 heterocycles. The van der Waals surface area contributed by atoms with E-state index in [-0.39, 0.29) is 5.78 Å². The van der Waals surface area contributed by atoms with E-state index in [1.807, 2.05) is 18.2 Å². The van der Waals surface area contributed by atoms with Gasteiger partial charge in [-0.05, 0) is 30.3 Å². The molecule has 1 aliphatic rings. The standard InChI is InChI=1S/C13H9FN2O/c14-12-6-5-8(15-12)7-11-13(17)9-3-1-2-4-10(9)16-11/h1-7,15-16H. The number of nitrogens with one attached hydrogen (secondary N) is 2. The van der Waals surface area contributed by atoms with Crippen LogP contribution in [-0.4, -0.2) is 10.8 Å². The molecule has 0 fully saturated rings. The molecule has 84 valence electrons. The number of aromatic nitrogens is 1. The number of H-pyrrole nitrogens is 1. The van der Waals surface area contributed by atoms with Gasteiger partial charge < -0.3 is 10.3 Å². The molecular formula is C13H9FN2O. The van der Waals surface area contributed by atoms with E-state index >= 15 is 0 Å². The van der Waals surface area contributed by atoms with Gasteiger partial charge >= 0.3 is 0 Å². The van der Waals surface area contributed by atoms with Gasteiger partial charge in [-0.15, -0.1) is 0 Å². The highest BCUT2D eigenvalue weighted by molar-refractivity contribution is 6.20. The van der Waals surface area contributed by atoms with Crippen molar-refractivity contribution in [2.75, 3.05) is 5.32 Å². The minimum Gasteiger partial charge on any atom is -0.352 e. The van der Waals surface area contributed by atoms with Crippen LogP contribution in [0.1, 0.15) is 16.1 Å². The van der Waals surface area contributed by atoms with Crippen molar-refractivity contribution in [2.45, 2.75) is 0 Å². The van der Waals surface area contributed by atoms with E-state index in [1.54, 1.807) is 18.2 Å². The first kappa shape index (κ1) is 9.84. The average Bonchev–Trinajstić information content (AvgIpc) is 2.86. The molecule has 0 saturated carbocycles. The highest BCUT2D eigenvalue weighted by Gasteiger charge is 2.23. The predicted molar refractivity (Wildman–Crippen MR) is 63.1 cm³/mol. The van der Waals surface area contributed by atoms with Gasteiger partial charge in [0, 0.05) is 16.9 Å². The second kappa shape index (κ2) is 3.59. The lowest BCUT2D eigenvalue weighted by molar-refractivity contribution is 0.104. The lowest BCUT2D eigenvalue weighted by Gasteiger charge is -1.96. The molecule has 3 rings (SSSR count). The Morgan fingerprint density at radius 1 is 1.12 bits per heavy atom. The lowest BCUT2D eigenvalue weighted by Crippen LogP contribution is -1.99. The Morgan fingerprint density at radius 3 is 2.65 bits per heavy atom. The summed E-state index contributed by atoms with van der Waals surface area (Å²) in [7, 11) is 0. The van der Waals surface area contributed by atoms with Gasteiger partial charge in [0.1, 0.15) is 0 Å². The summed E-state index contributed by atoms with van der Waals surface area (Å²) in [6, 6.07) is 10.2. The molecule has 0 unspecified atom stereocenters. The van der Waals surface area contributed by atoms with E-state index in [4.69, 9.17) is 0 Å². The highest BCUT2D eigenvalue weighted by atomic mass is 19.1. The van der Waals surface area contributed by atoms with Gasteiger partial charge in [-0.25, -0.2) is 0 Å². The van der Waals surface area contributed by atoms with Gasteiger partial charge in [-0.1, -0.05) is 12.1 Å². The van der Waals surface area contributed by atoms with Gasteiger partial charge in [0.2, 0.25) is 5.78 Å². The van der Waals surface area contributed by atoms with Crippen LogP contribution < -0.4 is 5.32 Å². The fraction of sp³-hybridized carbons (Fsp3) is 0. The number of carbonyl (C=O) groups is 1. The van der Waals surface area contributed by atoms with E-state index < -0.39 is 5.95 Å². The normalized spacial score (nSPS) is 16.1. The number of para-hydroxylation sites is 1. The zero-order valence-electron chi connectivity index (χ0n) is 8.83. The van der Waals surface area contributed by atoms with Crippen molar-refractivity contribution in [1.82, 2.24) is 4.98 Å². The van der Waals surface area contributed by atoms with Gasteiger partial charge in [-0.3, -0.25) is 4.79 Å². The monoisotopic (exact) mass is 228 g/mol. The molecule has 1 aromatic heterocycles. The van der Waals surface area contributed by atoms with Crippen LogP contribution in [-0.2, 0) is 0 Å². The van der Waals surface area contributed by atoms with Crippen molar-refractivity contribution >= 4 is 17.5 Å². The number of ketones is 1. The molecule has 0 aliphatic carbocycles. The summed E-state index contributed by atoms with van der Waals surface area (Å²) in [5.41, 5.74) is 2.45.